The Morgan fingerprint density at radius 3 is 2.14 bits per heavy atom. The minimum Gasteiger partial charge on any atom is -0.399 e. The molecule has 116 valence electrons. The largest absolute Gasteiger partial charge is 0.431 e. The molecule has 2 rings (SSSR count). The van der Waals surface area contributed by atoms with E-state index < -0.39 is 35.1 Å². The molecule has 2 aromatic rings. The van der Waals surface area contributed by atoms with Crippen LogP contribution in [0.5, 0.6) is 0 Å². The summed E-state index contributed by atoms with van der Waals surface area (Å²) < 4.78 is 70.5. The Bertz CT molecular complexity index is 716. The average molecular weight is 317 g/mol. The zero-order valence-corrected chi connectivity index (χ0v) is 10.7. The number of benzene rings is 2. The summed E-state index contributed by atoms with van der Waals surface area (Å²) >= 11 is 0. The van der Waals surface area contributed by atoms with Gasteiger partial charge >= 0.3 is 12.1 Å². The number of rotatable bonds is 3. The Balaban J connectivity index is 2.29. The summed E-state index contributed by atoms with van der Waals surface area (Å²) in [7, 11) is 0. The molecule has 0 atom stereocenters. The van der Waals surface area contributed by atoms with Crippen molar-refractivity contribution in [3.8, 4) is 0 Å². The zero-order valence-electron chi connectivity index (χ0n) is 10.7. The summed E-state index contributed by atoms with van der Waals surface area (Å²) in [6.07, 6.45) is -4.48. The Morgan fingerprint density at radius 1 is 0.955 bits per heavy atom. The third kappa shape index (κ3) is 3.00. The molecule has 0 aliphatic rings. The van der Waals surface area contributed by atoms with Crippen LogP contribution in [0.4, 0.5) is 27.6 Å². The molecule has 0 aliphatic heterocycles. The van der Waals surface area contributed by atoms with Crippen molar-refractivity contribution in [2.75, 3.05) is 5.73 Å². The molecule has 8 heteroatoms. The molecule has 2 aromatic carbocycles. The summed E-state index contributed by atoms with van der Waals surface area (Å²) in [5.41, 5.74) is 3.80. The van der Waals surface area contributed by atoms with Crippen LogP contribution in [0.1, 0.15) is 15.9 Å². The number of nitrogens with two attached hydrogens (primary N) is 1. The zero-order chi connectivity index (χ0) is 16.5. The van der Waals surface area contributed by atoms with Gasteiger partial charge in [0.2, 0.25) is 0 Å². The molecule has 0 spiro atoms. The van der Waals surface area contributed by atoms with Gasteiger partial charge in [0.1, 0.15) is 5.56 Å². The third-order valence-electron chi connectivity index (χ3n) is 2.72. The summed E-state index contributed by atoms with van der Waals surface area (Å²) in [4.78, 5) is 11.6. The molecule has 0 aromatic heterocycles. The van der Waals surface area contributed by atoms with Crippen LogP contribution < -0.4 is 5.73 Å². The van der Waals surface area contributed by atoms with Crippen molar-refractivity contribution < 1.29 is 31.5 Å². The Kier molecular flexibility index (Phi) is 4.03. The minimum atomic E-state index is -4.48. The highest BCUT2D eigenvalue weighted by atomic mass is 19.3. The van der Waals surface area contributed by atoms with Gasteiger partial charge in [-0.2, -0.15) is 8.78 Å². The van der Waals surface area contributed by atoms with Crippen LogP contribution in [0.25, 0.3) is 0 Å². The van der Waals surface area contributed by atoms with Crippen molar-refractivity contribution in [3.05, 3.63) is 65.0 Å². The number of carbonyl (C=O) groups excluding carboxylic acids is 1. The van der Waals surface area contributed by atoms with Gasteiger partial charge in [-0.1, -0.05) is 0 Å². The molecule has 0 saturated carbocycles. The molecular weight excluding hydrogens is 309 g/mol. The van der Waals surface area contributed by atoms with Gasteiger partial charge in [-0.3, -0.25) is 0 Å². The maximum atomic E-state index is 13.7. The van der Waals surface area contributed by atoms with Crippen molar-refractivity contribution in [2.24, 2.45) is 0 Å². The van der Waals surface area contributed by atoms with Crippen LogP contribution in [-0.4, -0.2) is 5.97 Å². The molecule has 0 saturated heterocycles. The van der Waals surface area contributed by atoms with E-state index >= 15 is 0 Å². The number of anilines is 1. The topological polar surface area (TPSA) is 52.3 Å². The standard InChI is InChI=1S/C14H8F5NO2/c15-10-6-5-9(11(16)12(10)17)14(18,19)22-13(21)7-1-3-8(20)4-2-7/h1-6H,20H2. The smallest absolute Gasteiger partial charge is 0.399 e. The molecular formula is C14H8F5NO2. The Hall–Kier alpha value is -2.64. The second-order valence-corrected chi connectivity index (χ2v) is 4.25. The second-order valence-electron chi connectivity index (χ2n) is 4.25. The van der Waals surface area contributed by atoms with E-state index in [0.29, 0.717) is 12.1 Å². The first kappa shape index (κ1) is 15.7. The summed E-state index contributed by atoms with van der Waals surface area (Å²) in [6.45, 7) is 0. The number of carbonyl (C=O) groups is 1. The maximum Gasteiger partial charge on any atom is 0.431 e. The first-order chi connectivity index (χ1) is 10.2. The van der Waals surface area contributed by atoms with Gasteiger partial charge < -0.3 is 10.5 Å². The molecule has 3 nitrogen and oxygen atoms in total. The fourth-order valence-electron chi connectivity index (χ4n) is 1.60. The van der Waals surface area contributed by atoms with Gasteiger partial charge in [-0.25, -0.2) is 18.0 Å². The quantitative estimate of drug-likeness (QED) is 0.407. The fourth-order valence-corrected chi connectivity index (χ4v) is 1.60. The number of halogens is 5. The predicted molar refractivity (Wildman–Crippen MR) is 66.5 cm³/mol. The fraction of sp³-hybridized carbons (Fsp3) is 0.0714. The van der Waals surface area contributed by atoms with E-state index in [4.69, 9.17) is 5.73 Å². The molecule has 0 heterocycles. The number of hydrogen-bond acceptors (Lipinski definition) is 3. The average Bonchev–Trinajstić information content (AvgIpc) is 2.44. The van der Waals surface area contributed by atoms with Gasteiger partial charge in [-0.15, -0.1) is 0 Å². The van der Waals surface area contributed by atoms with Crippen molar-refractivity contribution in [2.45, 2.75) is 6.11 Å². The lowest BCUT2D eigenvalue weighted by molar-refractivity contribution is -0.211. The van der Waals surface area contributed by atoms with Crippen molar-refractivity contribution in [1.82, 2.24) is 0 Å². The second kappa shape index (κ2) is 5.63. The molecule has 2 N–H and O–H groups in total. The van der Waals surface area contributed by atoms with Crippen LogP contribution in [0.15, 0.2) is 36.4 Å². The minimum absolute atomic E-state index is 0.267. The van der Waals surface area contributed by atoms with Crippen LogP contribution in [0.3, 0.4) is 0 Å². The van der Waals surface area contributed by atoms with Gasteiger partial charge in [0.15, 0.2) is 17.5 Å². The van der Waals surface area contributed by atoms with Gasteiger partial charge in [-0.05, 0) is 36.4 Å². The van der Waals surface area contributed by atoms with E-state index in [2.05, 4.69) is 4.74 Å². The van der Waals surface area contributed by atoms with E-state index in [1.165, 1.54) is 12.1 Å². The highest BCUT2D eigenvalue weighted by Gasteiger charge is 2.41. The van der Waals surface area contributed by atoms with E-state index in [1.54, 1.807) is 0 Å². The summed E-state index contributed by atoms with van der Waals surface area (Å²) in [5, 5.41) is 0. The van der Waals surface area contributed by atoms with Crippen molar-refractivity contribution in [1.29, 1.82) is 0 Å². The molecule has 0 amide bonds. The first-order valence-corrected chi connectivity index (χ1v) is 5.83. The molecule has 0 unspecified atom stereocenters. The molecule has 0 radical (unpaired) electrons. The number of nitrogen functional groups attached to an aromatic ring is 1. The number of esters is 1. The molecule has 0 bridgehead atoms. The molecule has 22 heavy (non-hydrogen) atoms. The van der Waals surface area contributed by atoms with Crippen LogP contribution in [0.2, 0.25) is 0 Å². The van der Waals surface area contributed by atoms with E-state index in [1.807, 2.05) is 0 Å². The van der Waals surface area contributed by atoms with Crippen LogP contribution in [-0.2, 0) is 10.8 Å². The van der Waals surface area contributed by atoms with Crippen molar-refractivity contribution >= 4 is 11.7 Å². The highest BCUT2D eigenvalue weighted by Crippen LogP contribution is 2.33. The Morgan fingerprint density at radius 2 is 1.55 bits per heavy atom. The Labute approximate surface area is 121 Å². The first-order valence-electron chi connectivity index (χ1n) is 5.83. The monoisotopic (exact) mass is 317 g/mol. The molecule has 0 fully saturated rings. The van der Waals surface area contributed by atoms with Crippen molar-refractivity contribution in [3.63, 3.8) is 0 Å². The summed E-state index contributed by atoms with van der Waals surface area (Å²) in [6, 6.07) is 5.38. The van der Waals surface area contributed by atoms with Crippen LogP contribution >= 0.6 is 0 Å². The van der Waals surface area contributed by atoms with E-state index in [9.17, 15) is 26.7 Å². The van der Waals surface area contributed by atoms with Gasteiger partial charge in [0, 0.05) is 5.69 Å². The summed E-state index contributed by atoms with van der Waals surface area (Å²) in [5.74, 6) is -7.33. The molecule has 0 aliphatic carbocycles. The number of alkyl halides is 2. The lowest BCUT2D eigenvalue weighted by Crippen LogP contribution is -2.24. The number of hydrogen-bond donors (Lipinski definition) is 1. The maximum absolute atomic E-state index is 13.7. The highest BCUT2D eigenvalue weighted by molar-refractivity contribution is 5.90. The van der Waals surface area contributed by atoms with Gasteiger partial charge in [0.05, 0.1) is 5.56 Å². The number of ether oxygens (including phenoxy) is 1. The normalized spacial score (nSPS) is 11.3. The lowest BCUT2D eigenvalue weighted by atomic mass is 10.1. The lowest BCUT2D eigenvalue weighted by Gasteiger charge is -2.17. The third-order valence-corrected chi connectivity index (χ3v) is 2.72. The predicted octanol–water partition coefficient (Wildman–Crippen LogP) is 3.59. The SMILES string of the molecule is Nc1ccc(C(=O)OC(F)(F)c2ccc(F)c(F)c2F)cc1. The van der Waals surface area contributed by atoms with E-state index in [0.717, 1.165) is 12.1 Å². The van der Waals surface area contributed by atoms with Crippen LogP contribution in [0, 0.1) is 17.5 Å². The van der Waals surface area contributed by atoms with E-state index in [-0.39, 0.29) is 11.3 Å². The van der Waals surface area contributed by atoms with Gasteiger partial charge in [0.25, 0.3) is 0 Å².